The molecule has 0 aromatic heterocycles. The molecule has 2 amide bonds. The zero-order chi connectivity index (χ0) is 14.6. The number of halogens is 3. The van der Waals surface area contributed by atoms with E-state index in [-0.39, 0.29) is 17.1 Å². The summed E-state index contributed by atoms with van der Waals surface area (Å²) in [5, 5.41) is 2.26. The molecular formula is C12H13ClF2N2O2. The molecule has 1 aromatic carbocycles. The summed E-state index contributed by atoms with van der Waals surface area (Å²) < 4.78 is 26.0. The summed E-state index contributed by atoms with van der Waals surface area (Å²) in [5.74, 6) is -5.48. The monoisotopic (exact) mass is 290 g/mol. The van der Waals surface area contributed by atoms with Gasteiger partial charge in [0, 0.05) is 13.0 Å². The Morgan fingerprint density at radius 1 is 1.42 bits per heavy atom. The SMILES string of the molecule is CCC(F)(F)C(=O)NCc1ccc(Cl)c(C(N)=O)c1. The molecule has 0 atom stereocenters. The van der Waals surface area contributed by atoms with Crippen LogP contribution < -0.4 is 11.1 Å². The molecule has 0 aliphatic heterocycles. The number of carbonyl (C=O) groups is 2. The Morgan fingerprint density at radius 2 is 2.05 bits per heavy atom. The van der Waals surface area contributed by atoms with Crippen molar-refractivity contribution in [1.29, 1.82) is 0 Å². The largest absolute Gasteiger partial charge is 0.366 e. The third-order valence-electron chi connectivity index (χ3n) is 2.53. The van der Waals surface area contributed by atoms with Gasteiger partial charge in [-0.1, -0.05) is 24.6 Å². The van der Waals surface area contributed by atoms with Crippen molar-refractivity contribution in [2.24, 2.45) is 5.73 Å². The number of alkyl halides is 2. The van der Waals surface area contributed by atoms with Gasteiger partial charge in [-0.2, -0.15) is 8.78 Å². The number of rotatable bonds is 5. The van der Waals surface area contributed by atoms with Crippen molar-refractivity contribution < 1.29 is 18.4 Å². The second-order valence-corrected chi connectivity index (χ2v) is 4.33. The summed E-state index contributed by atoms with van der Waals surface area (Å²) in [4.78, 5) is 22.2. The molecule has 0 spiro atoms. The van der Waals surface area contributed by atoms with Gasteiger partial charge in [-0.15, -0.1) is 0 Å². The average Bonchev–Trinajstić information content (AvgIpc) is 2.36. The molecule has 7 heteroatoms. The predicted octanol–water partition coefficient (Wildman–Crippen LogP) is 2.10. The van der Waals surface area contributed by atoms with E-state index in [0.717, 1.165) is 0 Å². The lowest BCUT2D eigenvalue weighted by molar-refractivity contribution is -0.146. The normalized spacial score (nSPS) is 11.2. The number of amides is 2. The van der Waals surface area contributed by atoms with Gasteiger partial charge in [-0.05, 0) is 17.7 Å². The smallest absolute Gasteiger partial charge is 0.324 e. The van der Waals surface area contributed by atoms with Crippen molar-refractivity contribution in [1.82, 2.24) is 5.32 Å². The first kappa shape index (κ1) is 15.4. The minimum Gasteiger partial charge on any atom is -0.366 e. The third-order valence-corrected chi connectivity index (χ3v) is 2.86. The Bertz CT molecular complexity index is 507. The lowest BCUT2D eigenvalue weighted by Crippen LogP contribution is -2.39. The van der Waals surface area contributed by atoms with Crippen LogP contribution >= 0.6 is 11.6 Å². The van der Waals surface area contributed by atoms with E-state index in [4.69, 9.17) is 17.3 Å². The second-order valence-electron chi connectivity index (χ2n) is 3.92. The van der Waals surface area contributed by atoms with Crippen molar-refractivity contribution in [3.63, 3.8) is 0 Å². The first-order chi connectivity index (χ1) is 8.77. The van der Waals surface area contributed by atoms with Gasteiger partial charge in [-0.25, -0.2) is 0 Å². The van der Waals surface area contributed by atoms with Crippen molar-refractivity contribution >= 4 is 23.4 Å². The standard InChI is InChI=1S/C12H13ClF2N2O2/c1-2-12(14,15)11(19)17-6-7-3-4-9(13)8(5-7)10(16)18/h3-5H,2,6H2,1H3,(H2,16,18)(H,17,19). The van der Waals surface area contributed by atoms with E-state index in [9.17, 15) is 18.4 Å². The van der Waals surface area contributed by atoms with Gasteiger partial charge in [0.2, 0.25) is 5.91 Å². The van der Waals surface area contributed by atoms with Crippen LogP contribution in [0.5, 0.6) is 0 Å². The van der Waals surface area contributed by atoms with E-state index in [1.807, 2.05) is 0 Å². The lowest BCUT2D eigenvalue weighted by atomic mass is 10.1. The summed E-state index contributed by atoms with van der Waals surface area (Å²) in [5.41, 5.74) is 5.64. The molecule has 0 aliphatic rings. The van der Waals surface area contributed by atoms with Crippen molar-refractivity contribution in [2.45, 2.75) is 25.8 Å². The number of nitrogens with two attached hydrogens (primary N) is 1. The molecule has 0 bridgehead atoms. The lowest BCUT2D eigenvalue weighted by Gasteiger charge is -2.14. The summed E-state index contributed by atoms with van der Waals surface area (Å²) in [6, 6.07) is 4.29. The number of hydrogen-bond donors (Lipinski definition) is 2. The molecule has 0 saturated carbocycles. The van der Waals surface area contributed by atoms with Crippen LogP contribution in [-0.4, -0.2) is 17.7 Å². The van der Waals surface area contributed by atoms with Gasteiger partial charge >= 0.3 is 5.92 Å². The Kier molecular flexibility index (Phi) is 4.83. The number of primary amides is 1. The maximum Gasteiger partial charge on any atom is 0.324 e. The zero-order valence-corrected chi connectivity index (χ0v) is 10.9. The van der Waals surface area contributed by atoms with Crippen LogP contribution in [0.25, 0.3) is 0 Å². The maximum absolute atomic E-state index is 13.0. The van der Waals surface area contributed by atoms with Crippen LogP contribution in [0.2, 0.25) is 5.02 Å². The molecule has 0 aliphatic carbocycles. The summed E-state index contributed by atoms with van der Waals surface area (Å²) >= 11 is 5.74. The minimum absolute atomic E-state index is 0.0793. The number of hydrogen-bond acceptors (Lipinski definition) is 2. The van der Waals surface area contributed by atoms with Crippen LogP contribution in [0.1, 0.15) is 29.3 Å². The molecule has 104 valence electrons. The topological polar surface area (TPSA) is 72.2 Å². The Hall–Kier alpha value is -1.69. The maximum atomic E-state index is 13.0. The fourth-order valence-corrected chi connectivity index (χ4v) is 1.55. The number of benzene rings is 1. The quantitative estimate of drug-likeness (QED) is 0.871. The minimum atomic E-state index is -3.40. The van der Waals surface area contributed by atoms with Crippen LogP contribution in [-0.2, 0) is 11.3 Å². The van der Waals surface area contributed by atoms with Crippen molar-refractivity contribution in [3.8, 4) is 0 Å². The van der Waals surface area contributed by atoms with Crippen molar-refractivity contribution in [2.75, 3.05) is 0 Å². The molecule has 19 heavy (non-hydrogen) atoms. The Morgan fingerprint density at radius 3 is 2.58 bits per heavy atom. The predicted molar refractivity (Wildman–Crippen MR) is 67.1 cm³/mol. The Labute approximate surface area is 113 Å². The molecule has 4 nitrogen and oxygen atoms in total. The number of nitrogens with one attached hydrogen (secondary N) is 1. The van der Waals surface area contributed by atoms with E-state index in [2.05, 4.69) is 5.32 Å². The highest BCUT2D eigenvalue weighted by Gasteiger charge is 2.35. The molecule has 0 fully saturated rings. The molecule has 0 radical (unpaired) electrons. The summed E-state index contributed by atoms with van der Waals surface area (Å²) in [6.07, 6.45) is -0.577. The molecule has 0 saturated heterocycles. The Balaban J connectivity index is 2.77. The van der Waals surface area contributed by atoms with E-state index in [0.29, 0.717) is 5.56 Å². The van der Waals surface area contributed by atoms with E-state index >= 15 is 0 Å². The molecule has 1 rings (SSSR count). The van der Waals surface area contributed by atoms with Gasteiger partial charge in [0.05, 0.1) is 10.6 Å². The fraction of sp³-hybridized carbons (Fsp3) is 0.333. The highest BCUT2D eigenvalue weighted by Crippen LogP contribution is 2.19. The van der Waals surface area contributed by atoms with Gasteiger partial charge in [0.25, 0.3) is 5.91 Å². The highest BCUT2D eigenvalue weighted by atomic mass is 35.5. The van der Waals surface area contributed by atoms with Gasteiger partial charge < -0.3 is 11.1 Å². The molecule has 0 heterocycles. The summed E-state index contributed by atoms with van der Waals surface area (Å²) in [7, 11) is 0. The van der Waals surface area contributed by atoms with Crippen LogP contribution in [0.3, 0.4) is 0 Å². The first-order valence-corrected chi connectivity index (χ1v) is 5.90. The average molecular weight is 291 g/mol. The second kappa shape index (κ2) is 5.97. The van der Waals surface area contributed by atoms with E-state index in [1.54, 1.807) is 0 Å². The third kappa shape index (κ3) is 3.89. The van der Waals surface area contributed by atoms with Crippen molar-refractivity contribution in [3.05, 3.63) is 34.3 Å². The molecule has 0 unspecified atom stereocenters. The zero-order valence-electron chi connectivity index (χ0n) is 10.2. The highest BCUT2D eigenvalue weighted by molar-refractivity contribution is 6.33. The first-order valence-electron chi connectivity index (χ1n) is 5.52. The molecule has 3 N–H and O–H groups in total. The van der Waals surface area contributed by atoms with E-state index in [1.165, 1.54) is 25.1 Å². The molecular weight excluding hydrogens is 278 g/mol. The number of carbonyl (C=O) groups excluding carboxylic acids is 2. The van der Waals surface area contributed by atoms with Gasteiger partial charge in [-0.3, -0.25) is 9.59 Å². The van der Waals surface area contributed by atoms with Crippen LogP contribution in [0.4, 0.5) is 8.78 Å². The van der Waals surface area contributed by atoms with Crippen LogP contribution in [0.15, 0.2) is 18.2 Å². The fourth-order valence-electron chi connectivity index (χ4n) is 1.34. The van der Waals surface area contributed by atoms with Gasteiger partial charge in [0.1, 0.15) is 0 Å². The summed E-state index contributed by atoms with van der Waals surface area (Å²) in [6.45, 7) is 1.08. The van der Waals surface area contributed by atoms with Gasteiger partial charge in [0.15, 0.2) is 0 Å². The van der Waals surface area contributed by atoms with E-state index < -0.39 is 24.2 Å². The van der Waals surface area contributed by atoms with Crippen LogP contribution in [0, 0.1) is 0 Å². The molecule has 1 aromatic rings.